The molecule has 0 aliphatic carbocycles. The van der Waals surface area contributed by atoms with E-state index in [0.717, 1.165) is 22.7 Å². The van der Waals surface area contributed by atoms with E-state index in [2.05, 4.69) is 16.0 Å². The lowest BCUT2D eigenvalue weighted by molar-refractivity contribution is -0.137. The third-order valence-corrected chi connectivity index (χ3v) is 6.60. The van der Waals surface area contributed by atoms with Crippen LogP contribution in [0.4, 0.5) is 30.2 Å². The summed E-state index contributed by atoms with van der Waals surface area (Å²) in [4.78, 5) is 25.0. The molecule has 0 fully saturated rings. The Morgan fingerprint density at radius 3 is 2.11 bits per heavy atom. The van der Waals surface area contributed by atoms with Gasteiger partial charge in [-0.2, -0.15) is 13.2 Å². The number of amides is 1. The lowest BCUT2D eigenvalue weighted by Crippen LogP contribution is -2.24. The van der Waals surface area contributed by atoms with Crippen LogP contribution in [0.1, 0.15) is 36.2 Å². The van der Waals surface area contributed by atoms with Crippen LogP contribution in [0.2, 0.25) is 0 Å². The van der Waals surface area contributed by atoms with E-state index in [1.54, 1.807) is 24.3 Å². The van der Waals surface area contributed by atoms with Crippen LogP contribution in [0.3, 0.4) is 0 Å². The van der Waals surface area contributed by atoms with Gasteiger partial charge in [0.1, 0.15) is 0 Å². The topological polar surface area (TPSA) is 70.2 Å². The molecular weight excluding hydrogens is 507 g/mol. The van der Waals surface area contributed by atoms with E-state index >= 15 is 0 Å². The maximum absolute atomic E-state index is 13.0. The van der Waals surface area contributed by atoms with Crippen LogP contribution < -0.4 is 16.0 Å². The molecule has 0 saturated carbocycles. The first kappa shape index (κ1) is 27.2. The van der Waals surface area contributed by atoms with Crippen molar-refractivity contribution in [3.05, 3.63) is 83.9 Å². The van der Waals surface area contributed by atoms with Crippen LogP contribution in [-0.4, -0.2) is 22.1 Å². The summed E-state index contributed by atoms with van der Waals surface area (Å²) in [6.45, 7) is 3.33. The molecule has 5 nitrogen and oxygen atoms in total. The fourth-order valence-electron chi connectivity index (χ4n) is 3.21. The largest absolute Gasteiger partial charge is 0.416 e. The molecule has 3 rings (SSSR count). The molecule has 0 spiro atoms. The second-order valence-corrected chi connectivity index (χ2v) is 9.51. The van der Waals surface area contributed by atoms with Crippen LogP contribution in [0.25, 0.3) is 0 Å². The number of hydrogen-bond donors (Lipinski definition) is 3. The van der Waals surface area contributed by atoms with E-state index in [0.29, 0.717) is 22.8 Å². The highest BCUT2D eigenvalue weighted by Gasteiger charge is 2.30. The average Bonchev–Trinajstić information content (AvgIpc) is 2.82. The van der Waals surface area contributed by atoms with Gasteiger partial charge in [0.2, 0.25) is 5.91 Å². The van der Waals surface area contributed by atoms with E-state index < -0.39 is 17.0 Å². The summed E-state index contributed by atoms with van der Waals surface area (Å²) in [7, 11) is 0. The molecule has 188 valence electrons. The van der Waals surface area contributed by atoms with Crippen molar-refractivity contribution in [1.29, 1.82) is 0 Å². The normalized spacial score (nSPS) is 11.9. The zero-order valence-corrected chi connectivity index (χ0v) is 21.1. The molecule has 0 bridgehead atoms. The number of hydrogen-bond acceptors (Lipinski definition) is 4. The smallest absolute Gasteiger partial charge is 0.332 e. The van der Waals surface area contributed by atoms with Crippen LogP contribution >= 0.6 is 24.0 Å². The second-order valence-electron chi connectivity index (χ2n) is 7.82. The molecular formula is C26H24F3N3O2S2. The number of Topliss-reactive ketones (excluding diaryl/α,β-unsaturated/α-hetero) is 1. The number of rotatable bonds is 8. The van der Waals surface area contributed by atoms with Gasteiger partial charge in [0.05, 0.1) is 10.8 Å². The highest BCUT2D eigenvalue weighted by Crippen LogP contribution is 2.32. The van der Waals surface area contributed by atoms with Crippen LogP contribution in [0.15, 0.2) is 77.7 Å². The van der Waals surface area contributed by atoms with Gasteiger partial charge >= 0.3 is 6.18 Å². The minimum absolute atomic E-state index is 0.0227. The summed E-state index contributed by atoms with van der Waals surface area (Å²) in [5.41, 5.74) is 1.30. The van der Waals surface area contributed by atoms with Crippen molar-refractivity contribution >= 4 is 57.8 Å². The van der Waals surface area contributed by atoms with Crippen molar-refractivity contribution in [2.24, 2.45) is 0 Å². The molecule has 3 aromatic carbocycles. The number of thioether (sulfide) groups is 1. The lowest BCUT2D eigenvalue weighted by atomic mass is 10.1. The number of anilines is 3. The summed E-state index contributed by atoms with van der Waals surface area (Å²) in [6.07, 6.45) is -4.01. The number of nitrogens with one attached hydrogen (secondary N) is 3. The molecule has 36 heavy (non-hydrogen) atoms. The zero-order valence-electron chi connectivity index (χ0n) is 19.5. The fraction of sp³-hybridized carbons (Fsp3) is 0.192. The number of ketones is 1. The predicted molar refractivity (Wildman–Crippen MR) is 143 cm³/mol. The van der Waals surface area contributed by atoms with Gasteiger partial charge < -0.3 is 16.0 Å². The highest BCUT2D eigenvalue weighted by atomic mass is 32.2. The first-order valence-corrected chi connectivity index (χ1v) is 12.3. The molecule has 0 aliphatic rings. The second kappa shape index (κ2) is 12.0. The first-order valence-electron chi connectivity index (χ1n) is 11.0. The molecule has 3 aromatic rings. The highest BCUT2D eigenvalue weighted by molar-refractivity contribution is 8.00. The third kappa shape index (κ3) is 7.82. The molecule has 1 atom stereocenters. The Morgan fingerprint density at radius 1 is 0.889 bits per heavy atom. The Kier molecular flexibility index (Phi) is 9.11. The minimum atomic E-state index is -4.49. The zero-order chi connectivity index (χ0) is 26.3. The molecule has 10 heteroatoms. The van der Waals surface area contributed by atoms with Gasteiger partial charge in [0, 0.05) is 27.5 Å². The molecule has 3 N–H and O–H groups in total. The van der Waals surface area contributed by atoms with E-state index in [1.807, 2.05) is 31.2 Å². The first-order chi connectivity index (χ1) is 17.0. The summed E-state index contributed by atoms with van der Waals surface area (Å²) in [6, 6.07) is 18.8. The summed E-state index contributed by atoms with van der Waals surface area (Å²) in [5, 5.41) is 8.55. The number of thiocarbonyl (C=S) groups is 1. The summed E-state index contributed by atoms with van der Waals surface area (Å²) in [5.74, 6) is -0.406. The molecule has 0 saturated heterocycles. The van der Waals surface area contributed by atoms with Gasteiger partial charge in [0.15, 0.2) is 10.9 Å². The number of carbonyl (C=O) groups excluding carboxylic acids is 2. The van der Waals surface area contributed by atoms with E-state index in [4.69, 9.17) is 12.2 Å². The Bertz CT molecular complexity index is 1250. The molecule has 1 unspecified atom stereocenters. The van der Waals surface area contributed by atoms with Gasteiger partial charge in [-0.05, 0) is 86.2 Å². The third-order valence-electron chi connectivity index (χ3n) is 5.04. The molecule has 0 aliphatic heterocycles. The standard InChI is InChI=1S/C26H24F3N3O2S2/c1-3-23(24(34)30-20-7-4-6-18(14-20)26(27,28)29)36-22-9-5-8-21(15-22)32-25(35)31-19-12-10-17(11-13-19)16(2)33/h4-15,23H,3H2,1-2H3,(H,30,34)(H2,31,32,35). The van der Waals surface area contributed by atoms with Crippen LogP contribution in [0.5, 0.6) is 0 Å². The SMILES string of the molecule is CCC(Sc1cccc(NC(=S)Nc2ccc(C(C)=O)cc2)c1)C(=O)Nc1cccc(C(F)(F)F)c1. The van der Waals surface area contributed by atoms with Crippen molar-refractivity contribution < 1.29 is 22.8 Å². The monoisotopic (exact) mass is 531 g/mol. The Morgan fingerprint density at radius 2 is 1.50 bits per heavy atom. The lowest BCUT2D eigenvalue weighted by Gasteiger charge is -2.17. The van der Waals surface area contributed by atoms with Crippen LogP contribution in [0, 0.1) is 0 Å². The maximum Gasteiger partial charge on any atom is 0.416 e. The fourth-order valence-corrected chi connectivity index (χ4v) is 4.46. The maximum atomic E-state index is 13.0. The average molecular weight is 532 g/mol. The van der Waals surface area contributed by atoms with Gasteiger partial charge in [-0.3, -0.25) is 9.59 Å². The number of halogens is 3. The van der Waals surface area contributed by atoms with Gasteiger partial charge in [-0.15, -0.1) is 11.8 Å². The summed E-state index contributed by atoms with van der Waals surface area (Å²) >= 11 is 6.67. The molecule has 1 amide bonds. The van der Waals surface area contributed by atoms with Crippen LogP contribution in [-0.2, 0) is 11.0 Å². The summed E-state index contributed by atoms with van der Waals surface area (Å²) < 4.78 is 38.9. The van der Waals surface area contributed by atoms with Crippen molar-refractivity contribution in [2.45, 2.75) is 36.6 Å². The van der Waals surface area contributed by atoms with Gasteiger partial charge in [0.25, 0.3) is 0 Å². The quantitative estimate of drug-likeness (QED) is 0.162. The van der Waals surface area contributed by atoms with E-state index in [1.165, 1.54) is 30.8 Å². The number of carbonyl (C=O) groups is 2. The van der Waals surface area contributed by atoms with Gasteiger partial charge in [-0.25, -0.2) is 0 Å². The van der Waals surface area contributed by atoms with E-state index in [-0.39, 0.29) is 17.4 Å². The Hall–Kier alpha value is -3.37. The van der Waals surface area contributed by atoms with Crippen molar-refractivity contribution in [3.63, 3.8) is 0 Å². The van der Waals surface area contributed by atoms with E-state index in [9.17, 15) is 22.8 Å². The Labute approximate surface area is 216 Å². The molecule has 0 radical (unpaired) electrons. The van der Waals surface area contributed by atoms with Crippen molar-refractivity contribution in [1.82, 2.24) is 0 Å². The molecule has 0 heterocycles. The van der Waals surface area contributed by atoms with Crippen molar-refractivity contribution in [3.8, 4) is 0 Å². The van der Waals surface area contributed by atoms with Gasteiger partial charge in [-0.1, -0.05) is 19.1 Å². The number of alkyl halides is 3. The van der Waals surface area contributed by atoms with Crippen molar-refractivity contribution in [2.75, 3.05) is 16.0 Å². The predicted octanol–water partition coefficient (Wildman–Crippen LogP) is 7.23. The minimum Gasteiger partial charge on any atom is -0.332 e. The number of benzene rings is 3. The molecule has 0 aromatic heterocycles. The Balaban J connectivity index is 1.61.